The molecule has 27 heavy (non-hydrogen) atoms. The number of nitrogens with zero attached hydrogens (tertiary/aromatic N) is 5. The minimum Gasteiger partial charge on any atom is -0.274 e. The van der Waals surface area contributed by atoms with Crippen LogP contribution >= 0.6 is 23.4 Å². The Labute approximate surface area is 164 Å². The number of thioether (sulfide) groups is 1. The molecule has 0 aliphatic carbocycles. The average Bonchev–Trinajstić information content (AvgIpc) is 3.24. The van der Waals surface area contributed by atoms with Gasteiger partial charge in [0.05, 0.1) is 11.4 Å². The molecule has 2 amide bonds. The number of carbonyl (C=O) groups excluding carboxylic acids is 2. The van der Waals surface area contributed by atoms with Crippen molar-refractivity contribution in [2.24, 2.45) is 0 Å². The second-order valence-electron chi connectivity index (χ2n) is 5.97. The van der Waals surface area contributed by atoms with Gasteiger partial charge in [0.2, 0.25) is 17.0 Å². The van der Waals surface area contributed by atoms with Gasteiger partial charge < -0.3 is 0 Å². The molecule has 1 fully saturated rings. The molecule has 0 bridgehead atoms. The van der Waals surface area contributed by atoms with E-state index in [1.165, 1.54) is 16.7 Å². The zero-order valence-electron chi connectivity index (χ0n) is 14.2. The second kappa shape index (κ2) is 7.13. The van der Waals surface area contributed by atoms with E-state index in [2.05, 4.69) is 15.5 Å². The predicted octanol–water partition coefficient (Wildman–Crippen LogP) is 3.05. The Balaban J connectivity index is 1.61. The summed E-state index contributed by atoms with van der Waals surface area (Å²) in [4.78, 5) is 26.7. The van der Waals surface area contributed by atoms with Crippen LogP contribution in [-0.2, 0) is 9.59 Å². The highest BCUT2D eigenvalue weighted by atomic mass is 35.5. The van der Waals surface area contributed by atoms with Crippen molar-refractivity contribution in [3.8, 4) is 5.69 Å². The fraction of sp³-hybridized carbons (Fsp3) is 0.167. The Morgan fingerprint density at radius 2 is 1.89 bits per heavy atom. The lowest BCUT2D eigenvalue weighted by Gasteiger charge is -2.17. The van der Waals surface area contributed by atoms with Gasteiger partial charge in [-0.05, 0) is 47.2 Å². The molecule has 9 heteroatoms. The van der Waals surface area contributed by atoms with Crippen molar-refractivity contribution in [2.45, 2.75) is 23.8 Å². The summed E-state index contributed by atoms with van der Waals surface area (Å²) in [7, 11) is 0. The molecular formula is C18H14ClN5O2S. The number of hydrogen-bond donors (Lipinski definition) is 0. The lowest BCUT2D eigenvalue weighted by atomic mass is 10.2. The Morgan fingerprint density at radius 3 is 2.67 bits per heavy atom. The van der Waals surface area contributed by atoms with Crippen molar-refractivity contribution in [1.29, 1.82) is 0 Å². The molecule has 1 aromatic heterocycles. The van der Waals surface area contributed by atoms with Gasteiger partial charge in [-0.3, -0.25) is 9.59 Å². The van der Waals surface area contributed by atoms with Crippen LogP contribution in [0.3, 0.4) is 0 Å². The van der Waals surface area contributed by atoms with E-state index in [1.54, 1.807) is 29.8 Å². The fourth-order valence-electron chi connectivity index (χ4n) is 2.90. The fourth-order valence-corrected chi connectivity index (χ4v) is 4.08. The molecular weight excluding hydrogens is 386 g/mol. The lowest BCUT2D eigenvalue weighted by molar-refractivity contribution is -0.121. The van der Waals surface area contributed by atoms with Crippen molar-refractivity contribution in [1.82, 2.24) is 20.2 Å². The molecule has 2 heterocycles. The molecule has 3 aromatic rings. The topological polar surface area (TPSA) is 81.0 Å². The minimum atomic E-state index is -0.593. The Bertz CT molecular complexity index is 1020. The largest absolute Gasteiger partial charge is 0.274 e. The summed E-state index contributed by atoms with van der Waals surface area (Å²) in [5, 5.41) is 12.1. The van der Waals surface area contributed by atoms with Crippen LogP contribution in [0.2, 0.25) is 5.02 Å². The van der Waals surface area contributed by atoms with Crippen LogP contribution in [-0.4, -0.2) is 37.3 Å². The van der Waals surface area contributed by atoms with E-state index in [1.807, 2.05) is 30.3 Å². The molecule has 1 atom stereocenters. The first-order chi connectivity index (χ1) is 13.1. The van der Waals surface area contributed by atoms with Gasteiger partial charge in [-0.2, -0.15) is 4.68 Å². The van der Waals surface area contributed by atoms with Crippen LogP contribution in [0.4, 0.5) is 5.69 Å². The number of benzene rings is 2. The average molecular weight is 400 g/mol. The van der Waals surface area contributed by atoms with Crippen molar-refractivity contribution in [3.63, 3.8) is 0 Å². The highest BCUT2D eigenvalue weighted by molar-refractivity contribution is 8.00. The van der Waals surface area contributed by atoms with Gasteiger partial charge in [-0.25, -0.2) is 4.90 Å². The van der Waals surface area contributed by atoms with Crippen molar-refractivity contribution >= 4 is 40.9 Å². The van der Waals surface area contributed by atoms with E-state index in [0.29, 0.717) is 21.4 Å². The van der Waals surface area contributed by atoms with Gasteiger partial charge in [0, 0.05) is 11.4 Å². The number of tetrazole rings is 1. The number of carbonyl (C=O) groups is 2. The van der Waals surface area contributed by atoms with E-state index in [0.717, 1.165) is 5.69 Å². The molecule has 136 valence electrons. The molecule has 2 aromatic carbocycles. The van der Waals surface area contributed by atoms with Crippen molar-refractivity contribution in [3.05, 3.63) is 59.1 Å². The summed E-state index contributed by atoms with van der Waals surface area (Å²) in [6.07, 6.45) is 0.0805. The van der Waals surface area contributed by atoms with Crippen LogP contribution in [0.1, 0.15) is 12.0 Å². The Hall–Kier alpha value is -2.71. The third-order valence-corrected chi connectivity index (χ3v) is 5.80. The minimum absolute atomic E-state index is 0.0805. The van der Waals surface area contributed by atoms with Gasteiger partial charge in [0.25, 0.3) is 0 Å². The van der Waals surface area contributed by atoms with Gasteiger partial charge >= 0.3 is 0 Å². The van der Waals surface area contributed by atoms with Gasteiger partial charge in [0.1, 0.15) is 5.25 Å². The molecule has 7 nitrogen and oxygen atoms in total. The SMILES string of the molecule is Cc1c(Cl)cccc1N1C(=O)CC(Sc2nnnn2-c2ccccc2)C1=O. The summed E-state index contributed by atoms with van der Waals surface area (Å²) < 4.78 is 1.55. The number of imide groups is 1. The summed E-state index contributed by atoms with van der Waals surface area (Å²) >= 11 is 7.32. The quantitative estimate of drug-likeness (QED) is 0.627. The first kappa shape index (κ1) is 17.7. The van der Waals surface area contributed by atoms with E-state index in [-0.39, 0.29) is 18.2 Å². The van der Waals surface area contributed by atoms with Crippen LogP contribution in [0.25, 0.3) is 5.69 Å². The number of amides is 2. The Kier molecular flexibility index (Phi) is 4.67. The number of halogens is 1. The first-order valence-corrected chi connectivity index (χ1v) is 9.44. The smallest absolute Gasteiger partial charge is 0.247 e. The third-order valence-electron chi connectivity index (χ3n) is 4.27. The van der Waals surface area contributed by atoms with Crippen LogP contribution in [0.5, 0.6) is 0 Å². The zero-order valence-corrected chi connectivity index (χ0v) is 15.8. The molecule has 1 aliphatic heterocycles. The van der Waals surface area contributed by atoms with E-state index >= 15 is 0 Å². The maximum atomic E-state index is 12.9. The molecule has 1 saturated heterocycles. The van der Waals surface area contributed by atoms with Crippen LogP contribution in [0.15, 0.2) is 53.7 Å². The Morgan fingerprint density at radius 1 is 1.11 bits per heavy atom. The monoisotopic (exact) mass is 399 g/mol. The molecule has 0 N–H and O–H groups in total. The molecule has 0 saturated carbocycles. The van der Waals surface area contributed by atoms with E-state index < -0.39 is 5.25 Å². The number of para-hydroxylation sites is 1. The van der Waals surface area contributed by atoms with Crippen LogP contribution < -0.4 is 4.90 Å². The number of aromatic nitrogens is 4. The lowest BCUT2D eigenvalue weighted by Crippen LogP contribution is -2.31. The first-order valence-electron chi connectivity index (χ1n) is 8.18. The predicted molar refractivity (Wildman–Crippen MR) is 102 cm³/mol. The summed E-state index contributed by atoms with van der Waals surface area (Å²) in [6.45, 7) is 1.79. The summed E-state index contributed by atoms with van der Waals surface area (Å²) in [6, 6.07) is 14.5. The second-order valence-corrected chi connectivity index (χ2v) is 7.55. The highest BCUT2D eigenvalue weighted by Crippen LogP contribution is 2.36. The van der Waals surface area contributed by atoms with Crippen molar-refractivity contribution < 1.29 is 9.59 Å². The number of rotatable bonds is 4. The summed E-state index contributed by atoms with van der Waals surface area (Å²) in [5.41, 5.74) is 1.99. The number of hydrogen-bond acceptors (Lipinski definition) is 6. The van der Waals surface area contributed by atoms with E-state index in [4.69, 9.17) is 11.6 Å². The normalized spacial score (nSPS) is 17.0. The number of anilines is 1. The van der Waals surface area contributed by atoms with Crippen LogP contribution in [0, 0.1) is 6.92 Å². The van der Waals surface area contributed by atoms with Gasteiger partial charge in [-0.1, -0.05) is 47.6 Å². The molecule has 0 spiro atoms. The summed E-state index contributed by atoms with van der Waals surface area (Å²) in [5.74, 6) is -0.556. The molecule has 1 aliphatic rings. The van der Waals surface area contributed by atoms with Crippen molar-refractivity contribution in [2.75, 3.05) is 4.90 Å². The van der Waals surface area contributed by atoms with E-state index in [9.17, 15) is 9.59 Å². The molecule has 4 rings (SSSR count). The maximum absolute atomic E-state index is 12.9. The zero-order chi connectivity index (χ0) is 19.0. The maximum Gasteiger partial charge on any atom is 0.247 e. The van der Waals surface area contributed by atoms with Gasteiger partial charge in [-0.15, -0.1) is 5.10 Å². The van der Waals surface area contributed by atoms with Gasteiger partial charge in [0.15, 0.2) is 0 Å². The third kappa shape index (κ3) is 3.22. The molecule has 1 unspecified atom stereocenters. The highest BCUT2D eigenvalue weighted by Gasteiger charge is 2.41. The molecule has 0 radical (unpaired) electrons. The standard InChI is InChI=1S/C18H14ClN5O2S/c1-11-13(19)8-5-9-14(11)23-16(25)10-15(17(23)26)27-18-20-21-22-24(18)12-6-3-2-4-7-12/h2-9,15H,10H2,1H3.